The predicted molar refractivity (Wildman–Crippen MR) is 98.4 cm³/mol. The maximum absolute atomic E-state index is 12.7. The normalized spacial score (nSPS) is 24.4. The van der Waals surface area contributed by atoms with Crippen LogP contribution < -0.4 is 5.32 Å². The Kier molecular flexibility index (Phi) is 6.57. The highest BCUT2D eigenvalue weighted by Gasteiger charge is 2.32. The molecule has 0 unspecified atom stereocenters. The van der Waals surface area contributed by atoms with E-state index in [2.05, 4.69) is 17.1 Å². The van der Waals surface area contributed by atoms with Gasteiger partial charge in [0.25, 0.3) is 0 Å². The van der Waals surface area contributed by atoms with Crippen molar-refractivity contribution in [2.24, 2.45) is 5.92 Å². The molecule has 3 rings (SSSR count). The molecule has 3 aliphatic rings. The summed E-state index contributed by atoms with van der Waals surface area (Å²) in [7, 11) is 0. The number of hydrogen-bond acceptors (Lipinski definition) is 3. The molecule has 6 nitrogen and oxygen atoms in total. The molecule has 1 saturated carbocycles. The molecule has 142 valence electrons. The average molecular weight is 351 g/mol. The van der Waals surface area contributed by atoms with Gasteiger partial charge in [-0.1, -0.05) is 26.2 Å². The highest BCUT2D eigenvalue weighted by atomic mass is 16.2. The minimum Gasteiger partial charge on any atom is -0.340 e. The lowest BCUT2D eigenvalue weighted by atomic mass is 9.94. The van der Waals surface area contributed by atoms with Crippen LogP contribution >= 0.6 is 0 Å². The van der Waals surface area contributed by atoms with Gasteiger partial charge in [0.05, 0.1) is 0 Å². The van der Waals surface area contributed by atoms with Crippen LogP contribution in [0.5, 0.6) is 0 Å². The summed E-state index contributed by atoms with van der Waals surface area (Å²) in [4.78, 5) is 31.5. The van der Waals surface area contributed by atoms with Crippen molar-refractivity contribution in [3.05, 3.63) is 0 Å². The summed E-state index contributed by atoms with van der Waals surface area (Å²) >= 11 is 0. The Bertz CT molecular complexity index is 448. The van der Waals surface area contributed by atoms with Gasteiger partial charge in [0.1, 0.15) is 0 Å². The maximum Gasteiger partial charge on any atom is 0.317 e. The standard InChI is InChI=1S/C19H34N4O2/c1-2-21-12-14-22(15-13-21)18(24)16-8-10-23(11-9-16)19(25)20-17-6-4-3-5-7-17/h16-17H,2-15H2,1H3,(H,20,25). The van der Waals surface area contributed by atoms with E-state index in [4.69, 9.17) is 0 Å². The third kappa shape index (κ3) is 4.87. The first-order valence-electron chi connectivity index (χ1n) is 10.2. The van der Waals surface area contributed by atoms with Gasteiger partial charge in [0, 0.05) is 51.2 Å². The number of nitrogens with one attached hydrogen (secondary N) is 1. The second kappa shape index (κ2) is 8.88. The first kappa shape index (κ1) is 18.5. The third-order valence-electron chi connectivity index (χ3n) is 6.20. The Balaban J connectivity index is 1.40. The predicted octanol–water partition coefficient (Wildman–Crippen LogP) is 1.90. The minimum absolute atomic E-state index is 0.0781. The summed E-state index contributed by atoms with van der Waals surface area (Å²) in [5, 5.41) is 3.19. The molecule has 2 saturated heterocycles. The maximum atomic E-state index is 12.7. The Morgan fingerprint density at radius 2 is 1.48 bits per heavy atom. The van der Waals surface area contributed by atoms with E-state index < -0.39 is 0 Å². The number of piperazine rings is 1. The number of rotatable bonds is 3. The first-order valence-corrected chi connectivity index (χ1v) is 10.2. The van der Waals surface area contributed by atoms with Gasteiger partial charge in [0.15, 0.2) is 0 Å². The number of hydrogen-bond donors (Lipinski definition) is 1. The molecule has 2 heterocycles. The SMILES string of the molecule is CCN1CCN(C(=O)C2CCN(C(=O)NC3CCCCC3)CC2)CC1. The lowest BCUT2D eigenvalue weighted by Crippen LogP contribution is -2.53. The third-order valence-corrected chi connectivity index (χ3v) is 6.20. The summed E-state index contributed by atoms with van der Waals surface area (Å²) in [5.74, 6) is 0.412. The lowest BCUT2D eigenvalue weighted by Gasteiger charge is -2.38. The molecule has 0 radical (unpaired) electrons. The number of carbonyl (C=O) groups excluding carboxylic acids is 2. The molecule has 1 N–H and O–H groups in total. The molecule has 25 heavy (non-hydrogen) atoms. The van der Waals surface area contributed by atoms with Crippen molar-refractivity contribution < 1.29 is 9.59 Å². The molecule has 6 heteroatoms. The van der Waals surface area contributed by atoms with Crippen molar-refractivity contribution >= 4 is 11.9 Å². The monoisotopic (exact) mass is 350 g/mol. The smallest absolute Gasteiger partial charge is 0.317 e. The molecule has 3 amide bonds. The molecule has 0 aromatic rings. The van der Waals surface area contributed by atoms with Crippen LogP contribution in [0.1, 0.15) is 51.9 Å². The lowest BCUT2D eigenvalue weighted by molar-refractivity contribution is -0.138. The zero-order chi connectivity index (χ0) is 17.6. The van der Waals surface area contributed by atoms with Gasteiger partial charge in [-0.25, -0.2) is 4.79 Å². The summed E-state index contributed by atoms with van der Waals surface area (Å²) in [5.41, 5.74) is 0. The molecule has 0 aromatic carbocycles. The quantitative estimate of drug-likeness (QED) is 0.846. The average Bonchev–Trinajstić information content (AvgIpc) is 2.68. The van der Waals surface area contributed by atoms with Gasteiger partial charge in [-0.05, 0) is 32.2 Å². The largest absolute Gasteiger partial charge is 0.340 e. The Morgan fingerprint density at radius 3 is 2.08 bits per heavy atom. The number of carbonyl (C=O) groups is 2. The molecule has 0 bridgehead atoms. The van der Waals surface area contributed by atoms with Crippen LogP contribution in [0.15, 0.2) is 0 Å². The van der Waals surface area contributed by atoms with E-state index in [-0.39, 0.29) is 11.9 Å². The van der Waals surface area contributed by atoms with E-state index in [9.17, 15) is 9.59 Å². The van der Waals surface area contributed by atoms with Crippen molar-refractivity contribution in [2.45, 2.75) is 57.9 Å². The van der Waals surface area contributed by atoms with Crippen LogP contribution in [0, 0.1) is 5.92 Å². The number of nitrogens with zero attached hydrogens (tertiary/aromatic N) is 3. The van der Waals surface area contributed by atoms with Crippen molar-refractivity contribution in [3.8, 4) is 0 Å². The van der Waals surface area contributed by atoms with Gasteiger partial charge in [0.2, 0.25) is 5.91 Å². The van der Waals surface area contributed by atoms with E-state index in [1.165, 1.54) is 19.3 Å². The fourth-order valence-corrected chi connectivity index (χ4v) is 4.39. The van der Waals surface area contributed by atoms with Gasteiger partial charge in [-0.15, -0.1) is 0 Å². The van der Waals surface area contributed by atoms with Crippen LogP contribution in [0.3, 0.4) is 0 Å². The summed E-state index contributed by atoms with van der Waals surface area (Å²) < 4.78 is 0. The van der Waals surface area contributed by atoms with E-state index in [1.54, 1.807) is 0 Å². The summed E-state index contributed by atoms with van der Waals surface area (Å²) in [6.07, 6.45) is 7.61. The molecule has 3 fully saturated rings. The zero-order valence-corrected chi connectivity index (χ0v) is 15.7. The number of amides is 3. The zero-order valence-electron chi connectivity index (χ0n) is 15.7. The minimum atomic E-state index is 0.0781. The highest BCUT2D eigenvalue weighted by Crippen LogP contribution is 2.22. The summed E-state index contributed by atoms with van der Waals surface area (Å²) in [6, 6.07) is 0.435. The number of piperidine rings is 1. The van der Waals surface area contributed by atoms with Crippen molar-refractivity contribution in [3.63, 3.8) is 0 Å². The van der Waals surface area contributed by atoms with Crippen LogP contribution in [-0.4, -0.2) is 78.5 Å². The van der Waals surface area contributed by atoms with E-state index in [1.807, 2.05) is 9.80 Å². The first-order chi connectivity index (χ1) is 12.2. The number of likely N-dealkylation sites (N-methyl/N-ethyl adjacent to an activating group) is 1. The molecule has 0 atom stereocenters. The molecular weight excluding hydrogens is 316 g/mol. The van der Waals surface area contributed by atoms with Gasteiger partial charge in [-0.3, -0.25) is 4.79 Å². The number of urea groups is 1. The van der Waals surface area contributed by atoms with Crippen molar-refractivity contribution in [2.75, 3.05) is 45.8 Å². The topological polar surface area (TPSA) is 55.9 Å². The van der Waals surface area contributed by atoms with Gasteiger partial charge >= 0.3 is 6.03 Å². The van der Waals surface area contributed by atoms with Crippen LogP contribution in [0.25, 0.3) is 0 Å². The van der Waals surface area contributed by atoms with Crippen molar-refractivity contribution in [1.29, 1.82) is 0 Å². The molecule has 0 spiro atoms. The Labute approximate surface area is 151 Å². The van der Waals surface area contributed by atoms with Gasteiger partial charge in [-0.2, -0.15) is 0 Å². The van der Waals surface area contributed by atoms with Crippen LogP contribution in [0.2, 0.25) is 0 Å². The molecule has 0 aromatic heterocycles. The summed E-state index contributed by atoms with van der Waals surface area (Å²) in [6.45, 7) is 8.36. The van der Waals surface area contributed by atoms with E-state index >= 15 is 0 Å². The molecule has 2 aliphatic heterocycles. The highest BCUT2D eigenvalue weighted by molar-refractivity contribution is 5.80. The second-order valence-corrected chi connectivity index (χ2v) is 7.81. The van der Waals surface area contributed by atoms with Crippen LogP contribution in [-0.2, 0) is 4.79 Å². The van der Waals surface area contributed by atoms with Gasteiger partial charge < -0.3 is 20.0 Å². The fourth-order valence-electron chi connectivity index (χ4n) is 4.39. The van der Waals surface area contributed by atoms with Crippen molar-refractivity contribution in [1.82, 2.24) is 20.0 Å². The second-order valence-electron chi connectivity index (χ2n) is 7.81. The Hall–Kier alpha value is -1.30. The fraction of sp³-hybridized carbons (Fsp3) is 0.895. The van der Waals surface area contributed by atoms with Crippen LogP contribution in [0.4, 0.5) is 4.79 Å². The number of likely N-dealkylation sites (tertiary alicyclic amines) is 1. The Morgan fingerprint density at radius 1 is 0.840 bits per heavy atom. The molecular formula is C19H34N4O2. The molecule has 1 aliphatic carbocycles. The van der Waals surface area contributed by atoms with E-state index in [0.29, 0.717) is 25.0 Å². The van der Waals surface area contributed by atoms with E-state index in [0.717, 1.165) is 58.4 Å².